The Labute approximate surface area is 88.5 Å². The maximum atomic E-state index is 12.8. The van der Waals surface area contributed by atoms with E-state index in [1.54, 1.807) is 6.92 Å². The van der Waals surface area contributed by atoms with E-state index in [2.05, 4.69) is 5.32 Å². The first-order valence-corrected chi connectivity index (χ1v) is 4.87. The van der Waals surface area contributed by atoms with E-state index in [-0.39, 0.29) is 11.7 Å². The third kappa shape index (κ3) is 3.02. The smallest absolute Gasteiger partial charge is 0.241 e. The fourth-order valence-electron chi connectivity index (χ4n) is 1.18. The van der Waals surface area contributed by atoms with Gasteiger partial charge in [0, 0.05) is 5.69 Å². The molecule has 3 nitrogen and oxygen atoms in total. The average Bonchev–Trinajstić information content (AvgIpc) is 2.20. The number of halogens is 1. The van der Waals surface area contributed by atoms with Gasteiger partial charge in [0.25, 0.3) is 0 Å². The van der Waals surface area contributed by atoms with Gasteiger partial charge in [-0.25, -0.2) is 4.39 Å². The summed E-state index contributed by atoms with van der Waals surface area (Å²) < 4.78 is 12.8. The summed E-state index contributed by atoms with van der Waals surface area (Å²) in [5, 5.41) is 2.66. The van der Waals surface area contributed by atoms with E-state index in [0.717, 1.165) is 0 Å². The first kappa shape index (κ1) is 11.7. The number of rotatable bonds is 3. The number of carbonyl (C=O) groups excluding carboxylic acids is 1. The number of nitrogens with one attached hydrogen (secondary N) is 1. The normalized spacial score (nSPS) is 12.3. The van der Waals surface area contributed by atoms with Crippen LogP contribution in [0.15, 0.2) is 18.2 Å². The fourth-order valence-corrected chi connectivity index (χ4v) is 1.18. The summed E-state index contributed by atoms with van der Waals surface area (Å²) >= 11 is 0. The van der Waals surface area contributed by atoms with Crippen LogP contribution >= 0.6 is 0 Å². The Morgan fingerprint density at radius 3 is 2.80 bits per heavy atom. The molecule has 3 N–H and O–H groups in total. The largest absolute Gasteiger partial charge is 0.324 e. The Morgan fingerprint density at radius 2 is 2.27 bits per heavy atom. The van der Waals surface area contributed by atoms with Crippen molar-refractivity contribution in [2.45, 2.75) is 26.3 Å². The van der Waals surface area contributed by atoms with Gasteiger partial charge < -0.3 is 11.1 Å². The molecule has 0 spiro atoms. The molecule has 0 saturated carbocycles. The maximum absolute atomic E-state index is 12.8. The van der Waals surface area contributed by atoms with E-state index in [0.29, 0.717) is 17.7 Å². The second-order valence-corrected chi connectivity index (χ2v) is 3.46. The first-order chi connectivity index (χ1) is 7.04. The topological polar surface area (TPSA) is 55.1 Å². The van der Waals surface area contributed by atoms with Gasteiger partial charge in [-0.2, -0.15) is 0 Å². The molecule has 1 amide bonds. The van der Waals surface area contributed by atoms with Gasteiger partial charge in [0.1, 0.15) is 5.82 Å². The van der Waals surface area contributed by atoms with E-state index in [1.165, 1.54) is 18.2 Å². The minimum absolute atomic E-state index is 0.243. The monoisotopic (exact) mass is 210 g/mol. The third-order valence-corrected chi connectivity index (χ3v) is 2.22. The predicted molar refractivity (Wildman–Crippen MR) is 58.0 cm³/mol. The Morgan fingerprint density at radius 1 is 1.60 bits per heavy atom. The SMILES string of the molecule is CCC(N)C(=O)Nc1ccc(F)cc1C. The number of amides is 1. The van der Waals surface area contributed by atoms with Crippen LogP contribution in [0.2, 0.25) is 0 Å². The van der Waals surface area contributed by atoms with E-state index in [4.69, 9.17) is 5.73 Å². The third-order valence-electron chi connectivity index (χ3n) is 2.22. The van der Waals surface area contributed by atoms with Crippen LogP contribution in [0, 0.1) is 12.7 Å². The van der Waals surface area contributed by atoms with Crippen LogP contribution in [-0.4, -0.2) is 11.9 Å². The Balaban J connectivity index is 2.77. The van der Waals surface area contributed by atoms with Gasteiger partial charge in [-0.15, -0.1) is 0 Å². The zero-order chi connectivity index (χ0) is 11.4. The number of carbonyl (C=O) groups is 1. The molecule has 0 aromatic heterocycles. The van der Waals surface area contributed by atoms with E-state index in [1.807, 2.05) is 6.92 Å². The molecule has 0 aliphatic carbocycles. The van der Waals surface area contributed by atoms with Crippen molar-refractivity contribution < 1.29 is 9.18 Å². The molecule has 0 saturated heterocycles. The minimum atomic E-state index is -0.519. The molecular weight excluding hydrogens is 195 g/mol. The molecule has 1 aromatic carbocycles. The highest BCUT2D eigenvalue weighted by molar-refractivity contribution is 5.95. The molecule has 4 heteroatoms. The molecule has 0 radical (unpaired) electrons. The lowest BCUT2D eigenvalue weighted by Gasteiger charge is -2.11. The predicted octanol–water partition coefficient (Wildman–Crippen LogP) is 1.81. The van der Waals surface area contributed by atoms with Gasteiger partial charge in [0.05, 0.1) is 6.04 Å². The van der Waals surface area contributed by atoms with Crippen LogP contribution < -0.4 is 11.1 Å². The minimum Gasteiger partial charge on any atom is -0.324 e. The standard InChI is InChI=1S/C11H15FN2O/c1-3-9(13)11(15)14-10-5-4-8(12)6-7(10)2/h4-6,9H,3,13H2,1-2H3,(H,14,15). The average molecular weight is 210 g/mol. The van der Waals surface area contributed by atoms with Crippen molar-refractivity contribution in [3.63, 3.8) is 0 Å². The number of nitrogens with two attached hydrogens (primary N) is 1. The molecule has 0 heterocycles. The van der Waals surface area contributed by atoms with Crippen LogP contribution in [0.5, 0.6) is 0 Å². The molecule has 1 aromatic rings. The van der Waals surface area contributed by atoms with Crippen LogP contribution in [0.4, 0.5) is 10.1 Å². The second kappa shape index (κ2) is 4.89. The molecule has 82 valence electrons. The van der Waals surface area contributed by atoms with Gasteiger partial charge in [0.2, 0.25) is 5.91 Å². The number of hydrogen-bond acceptors (Lipinski definition) is 2. The first-order valence-electron chi connectivity index (χ1n) is 4.87. The van der Waals surface area contributed by atoms with Crippen LogP contribution in [0.1, 0.15) is 18.9 Å². The Bertz CT molecular complexity index is 366. The summed E-state index contributed by atoms with van der Waals surface area (Å²) in [6, 6.07) is 3.69. The number of anilines is 1. The molecule has 0 aliphatic rings. The molecule has 1 atom stereocenters. The van der Waals surface area contributed by atoms with Gasteiger partial charge in [-0.1, -0.05) is 6.92 Å². The highest BCUT2D eigenvalue weighted by atomic mass is 19.1. The van der Waals surface area contributed by atoms with Crippen molar-refractivity contribution in [2.75, 3.05) is 5.32 Å². The molecular formula is C11H15FN2O. The Hall–Kier alpha value is -1.42. The van der Waals surface area contributed by atoms with E-state index >= 15 is 0 Å². The highest BCUT2D eigenvalue weighted by Crippen LogP contribution is 2.15. The Kier molecular flexibility index (Phi) is 3.80. The van der Waals surface area contributed by atoms with Crippen molar-refractivity contribution >= 4 is 11.6 Å². The summed E-state index contributed by atoms with van der Waals surface area (Å²) in [5.74, 6) is -0.558. The summed E-state index contributed by atoms with van der Waals surface area (Å²) in [6.07, 6.45) is 0.575. The van der Waals surface area contributed by atoms with Crippen molar-refractivity contribution in [1.82, 2.24) is 0 Å². The number of benzene rings is 1. The second-order valence-electron chi connectivity index (χ2n) is 3.46. The number of hydrogen-bond donors (Lipinski definition) is 2. The molecule has 0 fully saturated rings. The fraction of sp³-hybridized carbons (Fsp3) is 0.364. The maximum Gasteiger partial charge on any atom is 0.241 e. The zero-order valence-corrected chi connectivity index (χ0v) is 8.88. The summed E-state index contributed by atoms with van der Waals surface area (Å²) in [4.78, 5) is 11.5. The van der Waals surface area contributed by atoms with Crippen molar-refractivity contribution in [2.24, 2.45) is 5.73 Å². The van der Waals surface area contributed by atoms with Crippen LogP contribution in [0.25, 0.3) is 0 Å². The zero-order valence-electron chi connectivity index (χ0n) is 8.88. The summed E-state index contributed by atoms with van der Waals surface area (Å²) in [7, 11) is 0. The summed E-state index contributed by atoms with van der Waals surface area (Å²) in [6.45, 7) is 3.57. The van der Waals surface area contributed by atoms with Crippen LogP contribution in [0.3, 0.4) is 0 Å². The van der Waals surface area contributed by atoms with Crippen molar-refractivity contribution in [1.29, 1.82) is 0 Å². The lowest BCUT2D eigenvalue weighted by atomic mass is 10.1. The molecule has 1 rings (SSSR count). The van der Waals surface area contributed by atoms with Crippen molar-refractivity contribution in [3.8, 4) is 0 Å². The van der Waals surface area contributed by atoms with Crippen molar-refractivity contribution in [3.05, 3.63) is 29.6 Å². The lowest BCUT2D eigenvalue weighted by Crippen LogP contribution is -2.35. The molecule has 0 bridgehead atoms. The van der Waals surface area contributed by atoms with E-state index < -0.39 is 6.04 Å². The molecule has 1 unspecified atom stereocenters. The lowest BCUT2D eigenvalue weighted by molar-refractivity contribution is -0.117. The summed E-state index contributed by atoms with van der Waals surface area (Å²) in [5.41, 5.74) is 6.85. The van der Waals surface area contributed by atoms with Gasteiger partial charge >= 0.3 is 0 Å². The van der Waals surface area contributed by atoms with Crippen LogP contribution in [-0.2, 0) is 4.79 Å². The van der Waals surface area contributed by atoms with Gasteiger partial charge in [-0.3, -0.25) is 4.79 Å². The highest BCUT2D eigenvalue weighted by Gasteiger charge is 2.11. The van der Waals surface area contributed by atoms with E-state index in [9.17, 15) is 9.18 Å². The van der Waals surface area contributed by atoms with Gasteiger partial charge in [-0.05, 0) is 37.1 Å². The number of aryl methyl sites for hydroxylation is 1. The molecule has 0 aliphatic heterocycles. The quantitative estimate of drug-likeness (QED) is 0.799. The molecule has 15 heavy (non-hydrogen) atoms. The van der Waals surface area contributed by atoms with Gasteiger partial charge in [0.15, 0.2) is 0 Å².